The van der Waals surface area contributed by atoms with Gasteiger partial charge in [0.25, 0.3) is 0 Å². The number of hydrogen-bond acceptors (Lipinski definition) is 3. The molecule has 0 aliphatic heterocycles. The molecule has 0 saturated heterocycles. The highest BCUT2D eigenvalue weighted by molar-refractivity contribution is 5.92. The highest BCUT2D eigenvalue weighted by Crippen LogP contribution is 2.12. The first-order valence-corrected chi connectivity index (χ1v) is 8.63. The summed E-state index contributed by atoms with van der Waals surface area (Å²) in [6.45, 7) is 7.26. The lowest BCUT2D eigenvalue weighted by atomic mass is 10.1. The number of nitrogens with zero attached hydrogens (tertiary/aromatic N) is 2. The molecule has 1 amide bonds. The van der Waals surface area contributed by atoms with E-state index in [-0.39, 0.29) is 11.9 Å². The zero-order valence-electron chi connectivity index (χ0n) is 15.1. The summed E-state index contributed by atoms with van der Waals surface area (Å²) in [5.74, 6) is -0.0217. The van der Waals surface area contributed by atoms with Gasteiger partial charge in [-0.1, -0.05) is 31.2 Å². The predicted octanol–water partition coefficient (Wildman–Crippen LogP) is 3.97. The molecule has 25 heavy (non-hydrogen) atoms. The summed E-state index contributed by atoms with van der Waals surface area (Å²) >= 11 is 0. The highest BCUT2D eigenvalue weighted by atomic mass is 16.2. The molecule has 0 spiro atoms. The minimum absolute atomic E-state index is 0.0217. The number of nitriles is 1. The quantitative estimate of drug-likeness (QED) is 0.833. The topological polar surface area (TPSA) is 56.1 Å². The molecule has 0 aliphatic rings. The molecule has 130 valence electrons. The van der Waals surface area contributed by atoms with Gasteiger partial charge in [0.15, 0.2) is 0 Å². The molecule has 0 unspecified atom stereocenters. The molecule has 2 aromatic carbocycles. The first-order valence-electron chi connectivity index (χ1n) is 8.63. The third-order valence-corrected chi connectivity index (χ3v) is 4.19. The minimum Gasteiger partial charge on any atom is -0.325 e. The molecule has 2 rings (SSSR count). The SMILES string of the molecule is CCc1ccc(NC(=O)CN(Cc2ccc(C#N)cc2)C(C)C)cc1. The van der Waals surface area contributed by atoms with Gasteiger partial charge in [-0.2, -0.15) is 5.26 Å². The van der Waals surface area contributed by atoms with E-state index in [9.17, 15) is 4.79 Å². The van der Waals surface area contributed by atoms with Crippen molar-refractivity contribution in [3.63, 3.8) is 0 Å². The zero-order valence-corrected chi connectivity index (χ0v) is 15.1. The van der Waals surface area contributed by atoms with Crippen molar-refractivity contribution in [2.75, 3.05) is 11.9 Å². The van der Waals surface area contributed by atoms with Crippen LogP contribution in [0.4, 0.5) is 5.69 Å². The Labute approximate surface area is 150 Å². The van der Waals surface area contributed by atoms with E-state index in [0.29, 0.717) is 18.7 Å². The fourth-order valence-corrected chi connectivity index (χ4v) is 2.55. The van der Waals surface area contributed by atoms with Crippen LogP contribution in [-0.4, -0.2) is 23.4 Å². The molecule has 0 aromatic heterocycles. The summed E-state index contributed by atoms with van der Waals surface area (Å²) in [6, 6.07) is 17.8. The number of aryl methyl sites for hydroxylation is 1. The van der Waals surface area contributed by atoms with Gasteiger partial charge in [-0.15, -0.1) is 0 Å². The van der Waals surface area contributed by atoms with E-state index >= 15 is 0 Å². The standard InChI is InChI=1S/C21H25N3O/c1-4-17-9-11-20(12-10-17)23-21(25)15-24(16(2)3)14-19-7-5-18(13-22)6-8-19/h5-12,16H,4,14-15H2,1-3H3,(H,23,25). The smallest absolute Gasteiger partial charge is 0.238 e. The lowest BCUT2D eigenvalue weighted by molar-refractivity contribution is -0.117. The number of carbonyl (C=O) groups excluding carboxylic acids is 1. The summed E-state index contributed by atoms with van der Waals surface area (Å²) in [5.41, 5.74) is 3.81. The fraction of sp³-hybridized carbons (Fsp3) is 0.333. The molecule has 0 fully saturated rings. The average molecular weight is 335 g/mol. The van der Waals surface area contributed by atoms with Gasteiger partial charge in [0.05, 0.1) is 18.2 Å². The number of benzene rings is 2. The number of rotatable bonds is 7. The summed E-state index contributed by atoms with van der Waals surface area (Å²) in [6.07, 6.45) is 0.986. The van der Waals surface area contributed by atoms with Gasteiger partial charge in [-0.05, 0) is 55.7 Å². The normalized spacial score (nSPS) is 10.7. The van der Waals surface area contributed by atoms with Crippen molar-refractivity contribution in [3.05, 3.63) is 65.2 Å². The maximum Gasteiger partial charge on any atom is 0.238 e. The molecule has 4 nitrogen and oxygen atoms in total. The summed E-state index contributed by atoms with van der Waals surface area (Å²) in [7, 11) is 0. The van der Waals surface area contributed by atoms with Gasteiger partial charge < -0.3 is 5.32 Å². The molecule has 1 N–H and O–H groups in total. The Morgan fingerprint density at radius 3 is 2.20 bits per heavy atom. The summed E-state index contributed by atoms with van der Waals surface area (Å²) < 4.78 is 0. The first-order chi connectivity index (χ1) is 12.0. The Morgan fingerprint density at radius 2 is 1.68 bits per heavy atom. The second-order valence-electron chi connectivity index (χ2n) is 6.41. The largest absolute Gasteiger partial charge is 0.325 e. The Balaban J connectivity index is 1.97. The van der Waals surface area contributed by atoms with E-state index in [1.54, 1.807) is 0 Å². The van der Waals surface area contributed by atoms with Crippen molar-refractivity contribution in [2.45, 2.75) is 39.8 Å². The van der Waals surface area contributed by atoms with Crippen LogP contribution < -0.4 is 5.32 Å². The highest BCUT2D eigenvalue weighted by Gasteiger charge is 2.15. The van der Waals surface area contributed by atoms with E-state index in [0.717, 1.165) is 17.7 Å². The monoisotopic (exact) mass is 335 g/mol. The molecule has 0 radical (unpaired) electrons. The van der Waals surface area contributed by atoms with Crippen LogP contribution in [0.1, 0.15) is 37.5 Å². The van der Waals surface area contributed by atoms with E-state index in [4.69, 9.17) is 5.26 Å². The molecule has 0 aliphatic carbocycles. The van der Waals surface area contributed by atoms with E-state index in [1.807, 2.05) is 48.5 Å². The molecule has 0 saturated carbocycles. The average Bonchev–Trinajstić information content (AvgIpc) is 2.62. The van der Waals surface area contributed by atoms with Crippen LogP contribution in [0.25, 0.3) is 0 Å². The number of carbonyl (C=O) groups is 1. The van der Waals surface area contributed by atoms with Crippen LogP contribution in [0.3, 0.4) is 0 Å². The van der Waals surface area contributed by atoms with Crippen LogP contribution in [0, 0.1) is 11.3 Å². The van der Waals surface area contributed by atoms with Crippen LogP contribution in [0.15, 0.2) is 48.5 Å². The Hall–Kier alpha value is -2.64. The first kappa shape index (κ1) is 18.7. The number of nitrogens with one attached hydrogen (secondary N) is 1. The van der Waals surface area contributed by atoms with E-state index in [1.165, 1.54) is 5.56 Å². The second-order valence-corrected chi connectivity index (χ2v) is 6.41. The van der Waals surface area contributed by atoms with Gasteiger partial charge in [0.1, 0.15) is 0 Å². The number of amides is 1. The van der Waals surface area contributed by atoms with Gasteiger partial charge in [-0.3, -0.25) is 9.69 Å². The molecule has 2 aromatic rings. The fourth-order valence-electron chi connectivity index (χ4n) is 2.55. The van der Waals surface area contributed by atoms with Crippen LogP contribution >= 0.6 is 0 Å². The minimum atomic E-state index is -0.0217. The summed E-state index contributed by atoms with van der Waals surface area (Å²) in [4.78, 5) is 14.5. The van der Waals surface area contributed by atoms with Crippen LogP contribution in [0.5, 0.6) is 0 Å². The Bertz CT molecular complexity index is 727. The lowest BCUT2D eigenvalue weighted by Gasteiger charge is -2.26. The van der Waals surface area contributed by atoms with Crippen molar-refractivity contribution in [3.8, 4) is 6.07 Å². The molecule has 0 bridgehead atoms. The maximum atomic E-state index is 12.4. The molecular weight excluding hydrogens is 310 g/mol. The van der Waals surface area contributed by atoms with Crippen molar-refractivity contribution in [2.24, 2.45) is 0 Å². The molecular formula is C21H25N3O. The maximum absolute atomic E-state index is 12.4. The third-order valence-electron chi connectivity index (χ3n) is 4.19. The van der Waals surface area contributed by atoms with Crippen molar-refractivity contribution in [1.82, 2.24) is 4.90 Å². The molecule has 0 atom stereocenters. The van der Waals surface area contributed by atoms with Gasteiger partial charge in [0.2, 0.25) is 5.91 Å². The Morgan fingerprint density at radius 1 is 1.08 bits per heavy atom. The second kappa shape index (κ2) is 9.00. The van der Waals surface area contributed by atoms with Crippen molar-refractivity contribution in [1.29, 1.82) is 5.26 Å². The van der Waals surface area contributed by atoms with E-state index < -0.39 is 0 Å². The van der Waals surface area contributed by atoms with Crippen LogP contribution in [0.2, 0.25) is 0 Å². The molecule has 4 heteroatoms. The number of anilines is 1. The lowest BCUT2D eigenvalue weighted by Crippen LogP contribution is -2.37. The van der Waals surface area contributed by atoms with Gasteiger partial charge in [-0.25, -0.2) is 0 Å². The van der Waals surface area contributed by atoms with Crippen LogP contribution in [-0.2, 0) is 17.8 Å². The summed E-state index contributed by atoms with van der Waals surface area (Å²) in [5, 5.41) is 11.8. The van der Waals surface area contributed by atoms with Crippen molar-refractivity contribution < 1.29 is 4.79 Å². The van der Waals surface area contributed by atoms with E-state index in [2.05, 4.69) is 37.1 Å². The van der Waals surface area contributed by atoms with Gasteiger partial charge >= 0.3 is 0 Å². The Kier molecular flexibility index (Phi) is 6.73. The zero-order chi connectivity index (χ0) is 18.2. The van der Waals surface area contributed by atoms with Gasteiger partial charge in [0, 0.05) is 18.3 Å². The van der Waals surface area contributed by atoms with Crippen molar-refractivity contribution >= 4 is 11.6 Å². The number of hydrogen-bond donors (Lipinski definition) is 1. The molecule has 0 heterocycles. The predicted molar refractivity (Wildman–Crippen MR) is 101 cm³/mol. The third kappa shape index (κ3) is 5.74.